The third-order valence-corrected chi connectivity index (χ3v) is 6.29. The molecule has 0 fully saturated rings. The molecular weight excluding hydrogens is 598 g/mol. The number of aromatic amines is 2. The van der Waals surface area contributed by atoms with Crippen molar-refractivity contribution in [3.05, 3.63) is 95.8 Å². The van der Waals surface area contributed by atoms with Gasteiger partial charge in [0.2, 0.25) is 0 Å². The first-order valence-corrected chi connectivity index (χ1v) is 12.7. The van der Waals surface area contributed by atoms with E-state index >= 15 is 0 Å². The van der Waals surface area contributed by atoms with E-state index in [4.69, 9.17) is 5.11 Å². The Bertz CT molecular complexity index is 1980. The van der Waals surface area contributed by atoms with Crippen molar-refractivity contribution in [3.8, 4) is 11.4 Å². The number of carboxylic acid groups (broad SMARTS) is 1. The number of H-pyrrole nitrogens is 2. The van der Waals surface area contributed by atoms with E-state index in [1.165, 1.54) is 6.92 Å². The Morgan fingerprint density at radius 3 is 1.64 bits per heavy atom. The van der Waals surface area contributed by atoms with E-state index in [0.717, 1.165) is 43.6 Å². The molecule has 0 radical (unpaired) electrons. The predicted octanol–water partition coefficient (Wildman–Crippen LogP) is 6.62. The van der Waals surface area contributed by atoms with Gasteiger partial charge in [-0.15, -0.1) is 0 Å². The molecular formula is C28H20F6N6O4. The number of carboxylic acids is 1. The monoisotopic (exact) mass is 618 g/mol. The van der Waals surface area contributed by atoms with Gasteiger partial charge in [0.1, 0.15) is 11.1 Å². The molecule has 3 N–H and O–H groups in total. The normalized spacial score (nSPS) is 11.9. The fourth-order valence-electron chi connectivity index (χ4n) is 4.31. The van der Waals surface area contributed by atoms with Crippen molar-refractivity contribution in [2.45, 2.75) is 19.3 Å². The van der Waals surface area contributed by atoms with Gasteiger partial charge >= 0.3 is 24.3 Å². The fourth-order valence-corrected chi connectivity index (χ4v) is 4.31. The van der Waals surface area contributed by atoms with Gasteiger partial charge in [-0.25, -0.2) is 19.0 Å². The minimum Gasteiger partial charge on any atom is -0.478 e. The van der Waals surface area contributed by atoms with Gasteiger partial charge in [-0.1, -0.05) is 0 Å². The molecule has 0 unspecified atom stereocenters. The highest BCUT2D eigenvalue weighted by Crippen LogP contribution is 2.33. The first-order valence-electron chi connectivity index (χ1n) is 12.7. The summed E-state index contributed by atoms with van der Waals surface area (Å²) in [4.78, 5) is 28.6. The van der Waals surface area contributed by atoms with E-state index in [2.05, 4.69) is 24.9 Å². The summed E-state index contributed by atoms with van der Waals surface area (Å²) in [6.45, 7) is 1.51. The molecule has 0 bridgehead atoms. The SMILES string of the molecule is CCOC(=O)c1cn(-c2ccc3[nH]ccc3c2)nc1C(F)(F)F.O=C(O)c1cn(-c2ccc3[nH]ccc3c2)nc1C(F)(F)F. The van der Waals surface area contributed by atoms with Gasteiger partial charge in [0, 0.05) is 46.6 Å². The number of carbonyl (C=O) groups is 2. The highest BCUT2D eigenvalue weighted by Gasteiger charge is 2.40. The van der Waals surface area contributed by atoms with Gasteiger partial charge in [-0.05, 0) is 55.5 Å². The lowest BCUT2D eigenvalue weighted by atomic mass is 10.2. The lowest BCUT2D eigenvalue weighted by Gasteiger charge is -2.05. The summed E-state index contributed by atoms with van der Waals surface area (Å²) in [6, 6.07) is 13.4. The van der Waals surface area contributed by atoms with Crippen molar-refractivity contribution in [2.75, 3.05) is 6.61 Å². The van der Waals surface area contributed by atoms with E-state index < -0.39 is 46.8 Å². The summed E-state index contributed by atoms with van der Waals surface area (Å²) in [7, 11) is 0. The van der Waals surface area contributed by atoms with Gasteiger partial charge < -0.3 is 19.8 Å². The quantitative estimate of drug-likeness (QED) is 0.147. The molecule has 0 aliphatic carbocycles. The molecule has 16 heteroatoms. The maximum Gasteiger partial charge on any atom is 0.436 e. The van der Waals surface area contributed by atoms with Crippen LogP contribution < -0.4 is 0 Å². The number of aromatic nitrogens is 6. The maximum absolute atomic E-state index is 13.1. The number of aromatic carboxylic acids is 1. The van der Waals surface area contributed by atoms with E-state index in [-0.39, 0.29) is 6.61 Å². The number of esters is 1. The first kappa shape index (κ1) is 29.9. The fraction of sp³-hybridized carbons (Fsp3) is 0.143. The predicted molar refractivity (Wildman–Crippen MR) is 144 cm³/mol. The van der Waals surface area contributed by atoms with Crippen molar-refractivity contribution in [2.24, 2.45) is 0 Å². The average Bonchev–Trinajstić information content (AvgIpc) is 3.76. The molecule has 0 spiro atoms. The third kappa shape index (κ3) is 5.99. The second kappa shape index (κ2) is 11.3. The molecule has 6 aromatic rings. The zero-order valence-electron chi connectivity index (χ0n) is 22.4. The number of nitrogens with zero attached hydrogens (tertiary/aromatic N) is 4. The van der Waals surface area contributed by atoms with Gasteiger partial charge in [0.15, 0.2) is 11.4 Å². The Morgan fingerprint density at radius 1 is 0.773 bits per heavy atom. The van der Waals surface area contributed by atoms with Crippen LogP contribution in [0.25, 0.3) is 33.2 Å². The van der Waals surface area contributed by atoms with Crippen LogP contribution in [0.2, 0.25) is 0 Å². The van der Waals surface area contributed by atoms with E-state index in [1.54, 1.807) is 60.9 Å². The van der Waals surface area contributed by atoms with Crippen LogP contribution in [-0.4, -0.2) is 53.2 Å². The number of ether oxygens (including phenoxy) is 1. The minimum absolute atomic E-state index is 0.0172. The van der Waals surface area contributed by atoms with Crippen LogP contribution in [0.5, 0.6) is 0 Å². The van der Waals surface area contributed by atoms with Gasteiger partial charge in [0.25, 0.3) is 0 Å². The third-order valence-electron chi connectivity index (χ3n) is 6.29. The Balaban J connectivity index is 0.000000175. The van der Waals surface area contributed by atoms with Crippen LogP contribution in [0, 0.1) is 0 Å². The maximum atomic E-state index is 13.1. The molecule has 6 rings (SSSR count). The summed E-state index contributed by atoms with van der Waals surface area (Å²) in [5.74, 6) is -2.72. The average molecular weight is 618 g/mol. The van der Waals surface area contributed by atoms with Crippen LogP contribution in [-0.2, 0) is 17.1 Å². The van der Waals surface area contributed by atoms with E-state index in [9.17, 15) is 35.9 Å². The van der Waals surface area contributed by atoms with Crippen LogP contribution >= 0.6 is 0 Å². The highest BCUT2D eigenvalue weighted by atomic mass is 19.4. The second-order valence-corrected chi connectivity index (χ2v) is 9.19. The molecule has 0 amide bonds. The number of fused-ring (bicyclic) bond motifs is 2. The molecule has 0 aliphatic rings. The Kier molecular flexibility index (Phi) is 7.67. The summed E-state index contributed by atoms with van der Waals surface area (Å²) in [6.07, 6.45) is -4.25. The Morgan fingerprint density at radius 2 is 1.23 bits per heavy atom. The number of rotatable bonds is 5. The standard InChI is InChI=1S/C15H12F3N3O2.C13H8F3N3O2/c1-2-23-14(22)11-8-21(20-13(11)15(16,17)18)10-3-4-12-9(7-10)5-6-19-12;14-13(15,16)11-9(12(20)21)6-19(18-11)8-1-2-10-7(5-8)3-4-17-10/h3-8,19H,2H2,1H3;1-6,17H,(H,20,21). The van der Waals surface area contributed by atoms with Crippen molar-refractivity contribution >= 4 is 33.7 Å². The van der Waals surface area contributed by atoms with Crippen molar-refractivity contribution in [1.82, 2.24) is 29.5 Å². The summed E-state index contributed by atoms with van der Waals surface area (Å²) >= 11 is 0. The highest BCUT2D eigenvalue weighted by molar-refractivity contribution is 5.91. The largest absolute Gasteiger partial charge is 0.478 e. The van der Waals surface area contributed by atoms with Gasteiger partial charge in [-0.3, -0.25) is 0 Å². The van der Waals surface area contributed by atoms with E-state index in [1.807, 2.05) is 0 Å². The summed E-state index contributed by atoms with van der Waals surface area (Å²) in [5.41, 5.74) is -1.72. The second-order valence-electron chi connectivity index (χ2n) is 9.19. The molecule has 10 nitrogen and oxygen atoms in total. The van der Waals surface area contributed by atoms with Crippen molar-refractivity contribution in [3.63, 3.8) is 0 Å². The van der Waals surface area contributed by atoms with Gasteiger partial charge in [-0.2, -0.15) is 36.5 Å². The lowest BCUT2D eigenvalue weighted by Crippen LogP contribution is -2.14. The van der Waals surface area contributed by atoms with Gasteiger partial charge in [0.05, 0.1) is 18.0 Å². The molecule has 4 aromatic heterocycles. The molecule has 228 valence electrons. The Hall–Kier alpha value is -5.54. The number of benzene rings is 2. The number of nitrogens with one attached hydrogen (secondary N) is 2. The first-order chi connectivity index (χ1) is 20.8. The summed E-state index contributed by atoms with van der Waals surface area (Å²) < 4.78 is 84.3. The number of carbonyl (C=O) groups excluding carboxylic acids is 1. The number of hydrogen-bond acceptors (Lipinski definition) is 5. The molecule has 4 heterocycles. The van der Waals surface area contributed by atoms with Crippen LogP contribution in [0.4, 0.5) is 26.3 Å². The number of alkyl halides is 6. The summed E-state index contributed by atoms with van der Waals surface area (Å²) in [5, 5.41) is 17.4. The molecule has 44 heavy (non-hydrogen) atoms. The Labute approximate surface area is 242 Å². The minimum atomic E-state index is -4.82. The number of hydrogen-bond donors (Lipinski definition) is 3. The van der Waals surface area contributed by atoms with Crippen molar-refractivity contribution < 1.29 is 45.8 Å². The van der Waals surface area contributed by atoms with Crippen LogP contribution in [0.1, 0.15) is 39.0 Å². The zero-order chi connectivity index (χ0) is 31.8. The molecule has 0 aliphatic heterocycles. The van der Waals surface area contributed by atoms with Crippen LogP contribution in [0.3, 0.4) is 0 Å². The topological polar surface area (TPSA) is 131 Å². The zero-order valence-corrected chi connectivity index (χ0v) is 22.4. The van der Waals surface area contributed by atoms with Crippen LogP contribution in [0.15, 0.2) is 73.3 Å². The molecule has 2 aromatic carbocycles. The van der Waals surface area contributed by atoms with E-state index in [0.29, 0.717) is 11.4 Å². The molecule has 0 saturated carbocycles. The number of halogens is 6. The lowest BCUT2D eigenvalue weighted by molar-refractivity contribution is -0.142. The smallest absolute Gasteiger partial charge is 0.436 e. The van der Waals surface area contributed by atoms with Crippen molar-refractivity contribution in [1.29, 1.82) is 0 Å². The molecule has 0 saturated heterocycles. The molecule has 0 atom stereocenters.